The Morgan fingerprint density at radius 3 is 1.95 bits per heavy atom. The minimum atomic E-state index is -0.561. The predicted molar refractivity (Wildman–Crippen MR) is 86.4 cm³/mol. The van der Waals surface area contributed by atoms with E-state index in [2.05, 4.69) is 13.8 Å². The molecule has 0 spiro atoms. The molecule has 21 heavy (non-hydrogen) atoms. The van der Waals surface area contributed by atoms with Crippen molar-refractivity contribution < 1.29 is 14.3 Å². The summed E-state index contributed by atoms with van der Waals surface area (Å²) in [5, 5.41) is 0. The molecule has 1 saturated heterocycles. The number of hydrogen-bond acceptors (Lipinski definition) is 3. The maximum Gasteiger partial charge on any atom is 0.340 e. The summed E-state index contributed by atoms with van der Waals surface area (Å²) < 4.78 is 10.7. The van der Waals surface area contributed by atoms with Gasteiger partial charge in [-0.1, -0.05) is 71.6 Å². The van der Waals surface area contributed by atoms with Crippen LogP contribution in [-0.2, 0) is 14.3 Å². The van der Waals surface area contributed by atoms with Crippen LogP contribution in [0.15, 0.2) is 0 Å². The highest BCUT2D eigenvalue weighted by Crippen LogP contribution is 2.34. The fourth-order valence-electron chi connectivity index (χ4n) is 2.61. The van der Waals surface area contributed by atoms with Gasteiger partial charge in [0.05, 0.1) is 13.2 Å². The van der Waals surface area contributed by atoms with Crippen LogP contribution in [0.5, 0.6) is 0 Å². The van der Waals surface area contributed by atoms with Crippen molar-refractivity contribution in [1.29, 1.82) is 0 Å². The Morgan fingerprint density at radius 2 is 1.43 bits per heavy atom. The number of carbonyl (C=O) groups is 1. The van der Waals surface area contributed by atoms with Gasteiger partial charge in [0, 0.05) is 0 Å². The Labute approximate surface area is 130 Å². The van der Waals surface area contributed by atoms with Gasteiger partial charge in [0.25, 0.3) is 0 Å². The molecule has 124 valence electrons. The van der Waals surface area contributed by atoms with Gasteiger partial charge < -0.3 is 9.47 Å². The van der Waals surface area contributed by atoms with E-state index in [1.165, 1.54) is 51.4 Å². The molecule has 3 heteroatoms. The van der Waals surface area contributed by atoms with Gasteiger partial charge in [-0.25, -0.2) is 4.79 Å². The molecule has 3 nitrogen and oxygen atoms in total. The molecule has 0 radical (unpaired) electrons. The summed E-state index contributed by atoms with van der Waals surface area (Å²) in [6.07, 6.45) is 14.6. The summed E-state index contributed by atoms with van der Waals surface area (Å²) in [7, 11) is 0. The van der Waals surface area contributed by atoms with E-state index in [0.717, 1.165) is 25.7 Å². The lowest BCUT2D eigenvalue weighted by Gasteiger charge is -2.11. The molecule has 0 aromatic heterocycles. The number of rotatable bonds is 14. The zero-order valence-corrected chi connectivity index (χ0v) is 14.1. The van der Waals surface area contributed by atoms with Crippen molar-refractivity contribution in [3.8, 4) is 0 Å². The van der Waals surface area contributed by atoms with Crippen LogP contribution in [0, 0.1) is 0 Å². The third-order valence-corrected chi connectivity index (χ3v) is 4.28. The number of hydrogen-bond donors (Lipinski definition) is 0. The third kappa shape index (κ3) is 7.85. The fourth-order valence-corrected chi connectivity index (χ4v) is 2.61. The molecule has 0 amide bonds. The van der Waals surface area contributed by atoms with E-state index in [9.17, 15) is 4.79 Å². The van der Waals surface area contributed by atoms with Crippen molar-refractivity contribution in [2.24, 2.45) is 0 Å². The van der Waals surface area contributed by atoms with Gasteiger partial charge in [0.2, 0.25) is 0 Å². The average molecular weight is 298 g/mol. The molecule has 1 unspecified atom stereocenters. The van der Waals surface area contributed by atoms with Crippen molar-refractivity contribution in [3.63, 3.8) is 0 Å². The van der Waals surface area contributed by atoms with Crippen molar-refractivity contribution in [2.45, 2.75) is 96.5 Å². The summed E-state index contributed by atoms with van der Waals surface area (Å²) in [6.45, 7) is 5.45. The maximum atomic E-state index is 11.9. The minimum Gasteiger partial charge on any atom is -0.463 e. The standard InChI is InChI=1S/C18H34O3/c1-3-5-7-8-9-10-11-12-13-14-18(16-21-18)17(19)20-15-6-4-2/h3-16H2,1-2H3. The SMILES string of the molecule is CCCCCCCCCCCC1(C(=O)OCCCC)CO1. The molecule has 0 aromatic carbocycles. The Balaban J connectivity index is 1.95. The lowest BCUT2D eigenvalue weighted by molar-refractivity contribution is -0.150. The Morgan fingerprint density at radius 1 is 0.905 bits per heavy atom. The minimum absolute atomic E-state index is 0.129. The monoisotopic (exact) mass is 298 g/mol. The first-order valence-electron chi connectivity index (χ1n) is 9.06. The van der Waals surface area contributed by atoms with Crippen LogP contribution in [0.25, 0.3) is 0 Å². The molecule has 0 aliphatic carbocycles. The second kappa shape index (κ2) is 11.1. The second-order valence-corrected chi connectivity index (χ2v) is 6.35. The molecular weight excluding hydrogens is 264 g/mol. The molecule has 0 bridgehead atoms. The second-order valence-electron chi connectivity index (χ2n) is 6.35. The summed E-state index contributed by atoms with van der Waals surface area (Å²) in [6, 6.07) is 0. The van der Waals surface area contributed by atoms with Gasteiger partial charge in [-0.2, -0.15) is 0 Å². The van der Waals surface area contributed by atoms with Gasteiger partial charge in [0.1, 0.15) is 0 Å². The van der Waals surface area contributed by atoms with Gasteiger partial charge in [-0.15, -0.1) is 0 Å². The van der Waals surface area contributed by atoms with Crippen LogP contribution in [0.3, 0.4) is 0 Å². The summed E-state index contributed by atoms with van der Waals surface area (Å²) in [5.41, 5.74) is -0.561. The summed E-state index contributed by atoms with van der Waals surface area (Å²) in [5.74, 6) is -0.129. The molecule has 0 aromatic rings. The van der Waals surface area contributed by atoms with Crippen molar-refractivity contribution >= 4 is 5.97 Å². The topological polar surface area (TPSA) is 38.8 Å². The smallest absolute Gasteiger partial charge is 0.340 e. The first kappa shape index (κ1) is 18.5. The van der Waals surface area contributed by atoms with Gasteiger partial charge in [-0.05, 0) is 19.3 Å². The highest BCUT2D eigenvalue weighted by atomic mass is 16.6. The van der Waals surface area contributed by atoms with E-state index in [1.54, 1.807) is 0 Å². The van der Waals surface area contributed by atoms with Crippen LogP contribution < -0.4 is 0 Å². The first-order valence-corrected chi connectivity index (χ1v) is 9.06. The van der Waals surface area contributed by atoms with Crippen LogP contribution in [0.2, 0.25) is 0 Å². The zero-order valence-electron chi connectivity index (χ0n) is 14.1. The number of esters is 1. The molecule has 1 aliphatic heterocycles. The lowest BCUT2D eigenvalue weighted by Crippen LogP contribution is -2.27. The van der Waals surface area contributed by atoms with Crippen LogP contribution in [-0.4, -0.2) is 24.8 Å². The highest BCUT2D eigenvalue weighted by molar-refractivity contribution is 5.82. The number of carbonyl (C=O) groups excluding carboxylic acids is 1. The summed E-state index contributed by atoms with van der Waals surface area (Å²) in [4.78, 5) is 11.9. The maximum absolute atomic E-state index is 11.9. The van der Waals surface area contributed by atoms with Crippen LogP contribution in [0.4, 0.5) is 0 Å². The molecule has 1 heterocycles. The Kier molecular flexibility index (Phi) is 9.73. The molecule has 0 saturated carbocycles. The van der Waals surface area contributed by atoms with Gasteiger partial charge >= 0.3 is 5.97 Å². The molecule has 1 fully saturated rings. The third-order valence-electron chi connectivity index (χ3n) is 4.28. The predicted octanol–water partition coefficient (Wildman–Crippen LogP) is 5.02. The molecular formula is C18H34O3. The van der Waals surface area contributed by atoms with E-state index >= 15 is 0 Å². The van der Waals surface area contributed by atoms with E-state index in [4.69, 9.17) is 9.47 Å². The molecule has 1 aliphatic rings. The van der Waals surface area contributed by atoms with E-state index in [-0.39, 0.29) is 5.97 Å². The lowest BCUT2D eigenvalue weighted by atomic mass is 10.0. The van der Waals surface area contributed by atoms with E-state index in [1.807, 2.05) is 0 Å². The molecule has 1 rings (SSSR count). The van der Waals surface area contributed by atoms with Gasteiger partial charge in [-0.3, -0.25) is 0 Å². The van der Waals surface area contributed by atoms with Crippen molar-refractivity contribution in [3.05, 3.63) is 0 Å². The Bertz CT molecular complexity index is 272. The Hall–Kier alpha value is -0.570. The van der Waals surface area contributed by atoms with E-state index in [0.29, 0.717) is 13.2 Å². The largest absolute Gasteiger partial charge is 0.463 e. The quantitative estimate of drug-likeness (QED) is 0.257. The van der Waals surface area contributed by atoms with Crippen molar-refractivity contribution in [2.75, 3.05) is 13.2 Å². The first-order chi connectivity index (χ1) is 10.2. The number of ether oxygens (including phenoxy) is 2. The molecule has 0 N–H and O–H groups in total. The highest BCUT2D eigenvalue weighted by Gasteiger charge is 2.52. The zero-order chi connectivity index (χ0) is 15.4. The van der Waals surface area contributed by atoms with Crippen LogP contribution in [0.1, 0.15) is 90.9 Å². The van der Waals surface area contributed by atoms with E-state index < -0.39 is 5.60 Å². The summed E-state index contributed by atoms with van der Waals surface area (Å²) >= 11 is 0. The number of epoxide rings is 1. The van der Waals surface area contributed by atoms with Gasteiger partial charge in [0.15, 0.2) is 5.60 Å². The normalized spacial score (nSPS) is 20.5. The average Bonchev–Trinajstić information content (AvgIpc) is 3.27. The van der Waals surface area contributed by atoms with Crippen molar-refractivity contribution in [1.82, 2.24) is 0 Å². The molecule has 1 atom stereocenters. The van der Waals surface area contributed by atoms with Crippen LogP contribution >= 0.6 is 0 Å². The fraction of sp³-hybridized carbons (Fsp3) is 0.944. The number of unbranched alkanes of at least 4 members (excludes halogenated alkanes) is 9.